The number of ether oxygens (including phenoxy) is 1. The monoisotopic (exact) mass is 385 g/mol. The molecule has 6 nitrogen and oxygen atoms in total. The predicted octanol–water partition coefficient (Wildman–Crippen LogP) is 3.74. The van der Waals surface area contributed by atoms with Gasteiger partial charge in [0.2, 0.25) is 0 Å². The first-order valence-corrected chi connectivity index (χ1v) is 8.90. The molecule has 0 radical (unpaired) electrons. The number of terminal acetylenes is 1. The van der Waals surface area contributed by atoms with Crippen LogP contribution in [0.5, 0.6) is 0 Å². The van der Waals surface area contributed by atoms with Crippen LogP contribution in [0.15, 0.2) is 73.1 Å². The predicted molar refractivity (Wildman–Crippen MR) is 110 cm³/mol. The molecule has 0 aliphatic heterocycles. The average molecular weight is 385 g/mol. The van der Waals surface area contributed by atoms with E-state index in [0.29, 0.717) is 23.4 Å². The largest absolute Gasteiger partial charge is 0.445 e. The van der Waals surface area contributed by atoms with Gasteiger partial charge in [-0.15, -0.1) is 6.42 Å². The maximum Gasteiger partial charge on any atom is 0.407 e. The molecule has 2 N–H and O–H groups in total. The zero-order chi connectivity index (χ0) is 20.5. The van der Waals surface area contributed by atoms with Crippen molar-refractivity contribution >= 4 is 17.7 Å². The van der Waals surface area contributed by atoms with E-state index in [-0.39, 0.29) is 12.5 Å². The molecule has 0 saturated carbocycles. The van der Waals surface area contributed by atoms with Crippen LogP contribution in [-0.4, -0.2) is 17.0 Å². The Labute approximate surface area is 168 Å². The van der Waals surface area contributed by atoms with Gasteiger partial charge in [-0.2, -0.15) is 0 Å². The van der Waals surface area contributed by atoms with Crippen molar-refractivity contribution in [1.29, 1.82) is 0 Å². The molecular weight excluding hydrogens is 366 g/mol. The molecule has 0 fully saturated rings. The maximum atomic E-state index is 12.3. The number of carbonyl (C=O) groups excluding carboxylic acids is 2. The Morgan fingerprint density at radius 1 is 1.03 bits per heavy atom. The van der Waals surface area contributed by atoms with Crippen molar-refractivity contribution in [2.75, 3.05) is 5.32 Å². The number of alkyl carbamates (subject to hydrolysis) is 1. The maximum absolute atomic E-state index is 12.3. The standard InChI is InChI=1S/C23H19N3O3/c1-2-17-5-3-7-20(13-17)22(27)26-21-10-8-18(9-11-21)15-25-23(28)29-16-19-6-4-12-24-14-19/h1,3-14H,15-16H2,(H,25,28)(H,26,27). The van der Waals surface area contributed by atoms with Crippen LogP contribution in [0, 0.1) is 12.3 Å². The number of hydrogen-bond acceptors (Lipinski definition) is 4. The third-order valence-electron chi connectivity index (χ3n) is 4.03. The van der Waals surface area contributed by atoms with E-state index in [1.165, 1.54) is 0 Å². The quantitative estimate of drug-likeness (QED) is 0.634. The van der Waals surface area contributed by atoms with Gasteiger partial charge in [0, 0.05) is 41.3 Å². The third kappa shape index (κ3) is 5.94. The van der Waals surface area contributed by atoms with Gasteiger partial charge in [-0.25, -0.2) is 4.79 Å². The summed E-state index contributed by atoms with van der Waals surface area (Å²) in [6, 6.07) is 17.6. The first-order chi connectivity index (χ1) is 14.1. The lowest BCUT2D eigenvalue weighted by Gasteiger charge is -2.09. The summed E-state index contributed by atoms with van der Waals surface area (Å²) in [5.41, 5.74) is 3.47. The zero-order valence-electron chi connectivity index (χ0n) is 15.6. The van der Waals surface area contributed by atoms with Crippen LogP contribution in [0.3, 0.4) is 0 Å². The van der Waals surface area contributed by atoms with E-state index in [1.54, 1.807) is 54.9 Å². The second kappa shape index (κ2) is 9.72. The first kappa shape index (κ1) is 19.6. The fraction of sp³-hybridized carbons (Fsp3) is 0.0870. The normalized spacial score (nSPS) is 9.90. The summed E-state index contributed by atoms with van der Waals surface area (Å²) in [5.74, 6) is 2.26. The number of carbonyl (C=O) groups is 2. The van der Waals surface area contributed by atoms with Gasteiger partial charge in [0.05, 0.1) is 0 Å². The molecule has 0 aliphatic rings. The van der Waals surface area contributed by atoms with Gasteiger partial charge >= 0.3 is 6.09 Å². The van der Waals surface area contributed by atoms with E-state index < -0.39 is 6.09 Å². The summed E-state index contributed by atoms with van der Waals surface area (Å²) in [6.45, 7) is 0.468. The Balaban J connectivity index is 1.47. The minimum Gasteiger partial charge on any atom is -0.445 e. The highest BCUT2D eigenvalue weighted by molar-refractivity contribution is 6.04. The summed E-state index contributed by atoms with van der Waals surface area (Å²) in [6.07, 6.45) is 8.15. The number of aromatic nitrogens is 1. The molecule has 0 bridgehead atoms. The number of anilines is 1. The third-order valence-corrected chi connectivity index (χ3v) is 4.03. The summed E-state index contributed by atoms with van der Waals surface area (Å²) in [5, 5.41) is 5.49. The number of nitrogens with one attached hydrogen (secondary N) is 2. The van der Waals surface area contributed by atoms with Crippen molar-refractivity contribution in [3.8, 4) is 12.3 Å². The highest BCUT2D eigenvalue weighted by Crippen LogP contribution is 2.12. The topological polar surface area (TPSA) is 80.3 Å². The Morgan fingerprint density at radius 2 is 1.86 bits per heavy atom. The summed E-state index contributed by atoms with van der Waals surface area (Å²) in [4.78, 5) is 28.1. The fourth-order valence-corrected chi connectivity index (χ4v) is 2.52. The van der Waals surface area contributed by atoms with Gasteiger partial charge in [0.15, 0.2) is 0 Å². The van der Waals surface area contributed by atoms with Crippen LogP contribution < -0.4 is 10.6 Å². The molecular formula is C23H19N3O3. The highest BCUT2D eigenvalue weighted by Gasteiger charge is 2.07. The Bertz CT molecular complexity index is 1030. The summed E-state index contributed by atoms with van der Waals surface area (Å²) >= 11 is 0. The van der Waals surface area contributed by atoms with Crippen molar-refractivity contribution in [3.05, 3.63) is 95.3 Å². The lowest BCUT2D eigenvalue weighted by molar-refractivity contribution is 0.102. The molecule has 144 valence electrons. The van der Waals surface area contributed by atoms with Crippen LogP contribution in [0.2, 0.25) is 0 Å². The van der Waals surface area contributed by atoms with E-state index in [9.17, 15) is 9.59 Å². The number of nitrogens with zero attached hydrogens (tertiary/aromatic N) is 1. The van der Waals surface area contributed by atoms with Gasteiger partial charge in [0.1, 0.15) is 6.61 Å². The van der Waals surface area contributed by atoms with Crippen LogP contribution in [0.4, 0.5) is 10.5 Å². The summed E-state index contributed by atoms with van der Waals surface area (Å²) in [7, 11) is 0. The van der Waals surface area contributed by atoms with Crippen LogP contribution in [0.1, 0.15) is 27.0 Å². The van der Waals surface area contributed by atoms with Crippen LogP contribution in [0.25, 0.3) is 0 Å². The van der Waals surface area contributed by atoms with E-state index in [0.717, 1.165) is 11.1 Å². The van der Waals surface area contributed by atoms with Crippen molar-refractivity contribution in [1.82, 2.24) is 10.3 Å². The van der Waals surface area contributed by atoms with E-state index in [1.807, 2.05) is 18.2 Å². The van der Waals surface area contributed by atoms with Gasteiger partial charge in [-0.1, -0.05) is 30.2 Å². The molecule has 3 aromatic rings. The molecule has 2 aromatic carbocycles. The molecule has 6 heteroatoms. The number of rotatable bonds is 6. The van der Waals surface area contributed by atoms with Gasteiger partial charge < -0.3 is 15.4 Å². The zero-order valence-corrected chi connectivity index (χ0v) is 15.6. The molecule has 0 unspecified atom stereocenters. The molecule has 1 aromatic heterocycles. The molecule has 2 amide bonds. The van der Waals surface area contributed by atoms with Gasteiger partial charge in [-0.3, -0.25) is 9.78 Å². The van der Waals surface area contributed by atoms with Gasteiger partial charge in [-0.05, 0) is 42.0 Å². The lowest BCUT2D eigenvalue weighted by Crippen LogP contribution is -2.23. The van der Waals surface area contributed by atoms with E-state index in [2.05, 4.69) is 21.5 Å². The number of hydrogen-bond donors (Lipinski definition) is 2. The van der Waals surface area contributed by atoms with Gasteiger partial charge in [0.25, 0.3) is 5.91 Å². The van der Waals surface area contributed by atoms with Crippen molar-refractivity contribution in [2.45, 2.75) is 13.2 Å². The molecule has 0 spiro atoms. The second-order valence-electron chi connectivity index (χ2n) is 6.17. The second-order valence-corrected chi connectivity index (χ2v) is 6.17. The molecule has 3 rings (SSSR count). The SMILES string of the molecule is C#Cc1cccc(C(=O)Nc2ccc(CNC(=O)OCc3cccnc3)cc2)c1. The molecule has 29 heavy (non-hydrogen) atoms. The van der Waals surface area contributed by atoms with Crippen LogP contribution >= 0.6 is 0 Å². The Morgan fingerprint density at radius 3 is 2.59 bits per heavy atom. The van der Waals surface area contributed by atoms with Crippen LogP contribution in [-0.2, 0) is 17.9 Å². The lowest BCUT2D eigenvalue weighted by atomic mass is 10.1. The molecule has 0 saturated heterocycles. The highest BCUT2D eigenvalue weighted by atomic mass is 16.5. The molecule has 0 aliphatic carbocycles. The first-order valence-electron chi connectivity index (χ1n) is 8.90. The van der Waals surface area contributed by atoms with Crippen molar-refractivity contribution < 1.29 is 14.3 Å². The smallest absolute Gasteiger partial charge is 0.407 e. The molecule has 1 heterocycles. The number of amides is 2. The molecule has 0 atom stereocenters. The average Bonchev–Trinajstić information content (AvgIpc) is 2.78. The van der Waals surface area contributed by atoms with Crippen molar-refractivity contribution in [3.63, 3.8) is 0 Å². The number of pyridine rings is 1. The Kier molecular flexibility index (Phi) is 6.58. The van der Waals surface area contributed by atoms with E-state index in [4.69, 9.17) is 11.2 Å². The minimum atomic E-state index is -0.514. The Hall–Kier alpha value is -4.11. The number of benzene rings is 2. The van der Waals surface area contributed by atoms with Crippen molar-refractivity contribution in [2.24, 2.45) is 0 Å². The summed E-state index contributed by atoms with van der Waals surface area (Å²) < 4.78 is 5.13. The fourth-order valence-electron chi connectivity index (χ4n) is 2.52. The van der Waals surface area contributed by atoms with E-state index >= 15 is 0 Å². The minimum absolute atomic E-state index is 0.158.